The number of benzene rings is 3. The number of hydrogen-bond acceptors (Lipinski definition) is 3. The van der Waals surface area contributed by atoms with Crippen LogP contribution in [0.4, 0.5) is 5.69 Å². The van der Waals surface area contributed by atoms with E-state index in [1.54, 1.807) is 11.0 Å². The summed E-state index contributed by atoms with van der Waals surface area (Å²) in [6.45, 7) is 21.7. The van der Waals surface area contributed by atoms with Crippen molar-refractivity contribution in [3.8, 4) is 0 Å². The van der Waals surface area contributed by atoms with Crippen molar-refractivity contribution in [3.05, 3.63) is 112 Å². The van der Waals surface area contributed by atoms with Gasteiger partial charge in [0.25, 0.3) is 8.40 Å². The van der Waals surface area contributed by atoms with Crippen LogP contribution in [0.5, 0.6) is 0 Å². The minimum atomic E-state index is -2.81. The summed E-state index contributed by atoms with van der Waals surface area (Å²) in [6.07, 6.45) is 4.00. The van der Waals surface area contributed by atoms with Crippen LogP contribution in [-0.2, 0) is 0 Å². The van der Waals surface area contributed by atoms with Crippen LogP contribution in [0.3, 0.4) is 0 Å². The van der Waals surface area contributed by atoms with Crippen molar-refractivity contribution in [2.24, 2.45) is 11.8 Å². The third kappa shape index (κ3) is 5.02. The van der Waals surface area contributed by atoms with Gasteiger partial charge < -0.3 is 4.57 Å². The van der Waals surface area contributed by atoms with Gasteiger partial charge in [-0.2, -0.15) is 0 Å². The fraction of sp³-hybridized carbons (Fsp3) is 0.463. The lowest BCUT2D eigenvalue weighted by molar-refractivity contribution is 0.296. The Bertz CT molecular complexity index is 1600. The highest BCUT2D eigenvalue weighted by molar-refractivity contribution is 7.70. The van der Waals surface area contributed by atoms with Crippen LogP contribution < -0.4 is 9.75 Å². The number of allylic oxidation sites excluding steroid dienone is 2. The van der Waals surface area contributed by atoms with E-state index in [-0.39, 0.29) is 0 Å². The predicted molar refractivity (Wildman–Crippen MR) is 202 cm³/mol. The van der Waals surface area contributed by atoms with Gasteiger partial charge in [-0.25, -0.2) is 0 Å². The van der Waals surface area contributed by atoms with Gasteiger partial charge in [0.1, 0.15) is 0 Å². The molecule has 0 aromatic heterocycles. The molecule has 4 atom stereocenters. The standard InChI is InChI=1S/C41H54N3PSi/c1-28(2)36-20-15-21-37(29(3)4)40(36)44-39-33-22-23-34(26-33)41(39)45-38(32-16-11-9-12-17-32)27-46(44,35-18-13-10-14-19-35)43(31(7)8)25-24-42(45)30(5)6/h9-21,27-31,33-34H,22-26H2,1-8H3/t33-,34+,45?,46-/m1/s1. The average Bonchev–Trinajstić information content (AvgIpc) is 3.62. The van der Waals surface area contributed by atoms with E-state index < -0.39 is 16.5 Å². The van der Waals surface area contributed by atoms with E-state index in [1.807, 2.05) is 5.31 Å². The molecule has 7 rings (SSSR count). The minimum absolute atomic E-state index is 0.399. The quantitative estimate of drug-likeness (QED) is 0.187. The number of fused-ring (bicyclic) bond motifs is 7. The highest BCUT2D eigenvalue weighted by Crippen LogP contribution is 2.72. The van der Waals surface area contributed by atoms with Gasteiger partial charge in [-0.05, 0) is 101 Å². The van der Waals surface area contributed by atoms with E-state index in [2.05, 4.69) is 154 Å². The molecule has 3 aromatic carbocycles. The van der Waals surface area contributed by atoms with Crippen LogP contribution in [0.2, 0.25) is 0 Å². The van der Waals surface area contributed by atoms with Crippen LogP contribution in [-0.4, -0.2) is 42.8 Å². The maximum absolute atomic E-state index is 3.13. The Morgan fingerprint density at radius 3 is 1.87 bits per heavy atom. The highest BCUT2D eigenvalue weighted by atomic mass is 31.1. The Kier molecular flexibility index (Phi) is 8.72. The first-order valence-corrected chi connectivity index (χ1v) is 21.3. The van der Waals surface area contributed by atoms with E-state index in [1.165, 1.54) is 46.8 Å². The van der Waals surface area contributed by atoms with Gasteiger partial charge in [0, 0.05) is 38.6 Å². The van der Waals surface area contributed by atoms with Gasteiger partial charge in [-0.15, -0.1) is 0 Å². The van der Waals surface area contributed by atoms with Gasteiger partial charge in [0.15, 0.2) is 0 Å². The van der Waals surface area contributed by atoms with Crippen molar-refractivity contribution >= 4 is 32.7 Å². The highest BCUT2D eigenvalue weighted by Gasteiger charge is 2.59. The van der Waals surface area contributed by atoms with Gasteiger partial charge in [-0.1, -0.05) is 120 Å². The van der Waals surface area contributed by atoms with Crippen LogP contribution in [0, 0.1) is 11.8 Å². The van der Waals surface area contributed by atoms with Crippen molar-refractivity contribution in [2.45, 2.75) is 98.6 Å². The summed E-state index contributed by atoms with van der Waals surface area (Å²) >= 11 is 0. The minimum Gasteiger partial charge on any atom is -0.350 e. The monoisotopic (exact) mass is 647 g/mol. The van der Waals surface area contributed by atoms with E-state index in [4.69, 9.17) is 0 Å². The molecule has 0 spiro atoms. The summed E-state index contributed by atoms with van der Waals surface area (Å²) in [7, 11) is -3.47. The second-order valence-electron chi connectivity index (χ2n) is 15.3. The number of anilines is 1. The zero-order valence-corrected chi connectivity index (χ0v) is 31.3. The van der Waals surface area contributed by atoms with Crippen LogP contribution in [0.25, 0.3) is 5.31 Å². The van der Waals surface area contributed by atoms with Crippen LogP contribution in [0.1, 0.15) is 103 Å². The van der Waals surface area contributed by atoms with Gasteiger partial charge >= 0.3 is 0 Å². The molecule has 0 N–H and O–H groups in total. The van der Waals surface area contributed by atoms with Gasteiger partial charge in [0.05, 0.1) is 0 Å². The molecule has 1 fully saturated rings. The summed E-state index contributed by atoms with van der Waals surface area (Å²) < 4.78 is 9.09. The van der Waals surface area contributed by atoms with E-state index in [0.717, 1.165) is 13.1 Å². The number of nitrogens with zero attached hydrogens (tertiary/aromatic N) is 3. The second kappa shape index (κ2) is 12.5. The third-order valence-electron chi connectivity index (χ3n) is 11.2. The van der Waals surface area contributed by atoms with Crippen LogP contribution >= 0.6 is 8.07 Å². The Morgan fingerprint density at radius 2 is 1.28 bits per heavy atom. The van der Waals surface area contributed by atoms with Gasteiger partial charge in [-0.3, -0.25) is 9.24 Å². The Morgan fingerprint density at radius 1 is 0.674 bits per heavy atom. The molecular formula is C41H54N3PSi. The van der Waals surface area contributed by atoms with Crippen LogP contribution in [0.15, 0.2) is 95.6 Å². The zero-order chi connectivity index (χ0) is 32.3. The molecule has 1 unspecified atom stereocenters. The normalized spacial score (nSPS) is 26.7. The summed E-state index contributed by atoms with van der Waals surface area (Å²) in [5.74, 6) is 2.18. The average molecular weight is 648 g/mol. The van der Waals surface area contributed by atoms with Crippen molar-refractivity contribution in [3.63, 3.8) is 0 Å². The Labute approximate surface area is 281 Å². The van der Waals surface area contributed by atoms with Crippen molar-refractivity contribution in [1.82, 2.24) is 9.24 Å². The third-order valence-corrected chi connectivity index (χ3v) is 19.1. The topological polar surface area (TPSA) is 9.72 Å². The molecule has 242 valence electrons. The lowest BCUT2D eigenvalue weighted by Gasteiger charge is -2.53. The van der Waals surface area contributed by atoms with Crippen molar-refractivity contribution in [1.29, 1.82) is 0 Å². The molecule has 2 aliphatic heterocycles. The summed E-state index contributed by atoms with van der Waals surface area (Å²) in [6, 6.07) is 31.5. The number of rotatable bonds is 7. The number of para-hydroxylation sites is 1. The molecule has 0 saturated heterocycles. The largest absolute Gasteiger partial charge is 0.350 e. The molecule has 3 aromatic rings. The SMILES string of the molecule is CC(C)c1cccc(C(C)C)c1N1C2=C([C@H]3CC[C@@H]2C3)P2C(c3ccccc3)=C[Si@@]1(c1ccccc1)N(C(C)C)CCN2C(C)C. The van der Waals surface area contributed by atoms with E-state index in [9.17, 15) is 0 Å². The summed E-state index contributed by atoms with van der Waals surface area (Å²) in [5, 5.41) is 4.95. The van der Waals surface area contributed by atoms with E-state index >= 15 is 0 Å². The van der Waals surface area contributed by atoms with Crippen molar-refractivity contribution < 1.29 is 0 Å². The molecule has 5 heteroatoms. The van der Waals surface area contributed by atoms with E-state index in [0.29, 0.717) is 35.8 Å². The molecule has 4 aliphatic rings. The zero-order valence-electron chi connectivity index (χ0n) is 29.4. The van der Waals surface area contributed by atoms with Crippen molar-refractivity contribution in [2.75, 3.05) is 17.7 Å². The molecular weight excluding hydrogens is 594 g/mol. The molecule has 1 saturated carbocycles. The predicted octanol–water partition coefficient (Wildman–Crippen LogP) is 10.2. The maximum atomic E-state index is 3.13. The first-order valence-electron chi connectivity index (χ1n) is 18.0. The fourth-order valence-electron chi connectivity index (χ4n) is 9.15. The first kappa shape index (κ1) is 32.1. The molecule has 4 bridgehead atoms. The Balaban J connectivity index is 1.72. The Hall–Kier alpha value is -2.49. The van der Waals surface area contributed by atoms with Gasteiger partial charge in [0.2, 0.25) is 0 Å². The molecule has 0 amide bonds. The molecule has 46 heavy (non-hydrogen) atoms. The second-order valence-corrected chi connectivity index (χ2v) is 20.7. The lowest BCUT2D eigenvalue weighted by atomic mass is 9.91. The molecule has 2 aliphatic carbocycles. The first-order chi connectivity index (χ1) is 22.1. The molecule has 0 radical (unpaired) electrons. The summed E-state index contributed by atoms with van der Waals surface area (Å²) in [5.41, 5.74) is 10.6. The summed E-state index contributed by atoms with van der Waals surface area (Å²) in [4.78, 5) is 0. The number of hydrogen-bond donors (Lipinski definition) is 0. The fourth-order valence-corrected chi connectivity index (χ4v) is 18.3. The molecule has 3 nitrogen and oxygen atoms in total. The molecule has 2 heterocycles. The lowest BCUT2D eigenvalue weighted by Crippen LogP contribution is -2.74. The smallest absolute Gasteiger partial charge is 0.299 e. The maximum Gasteiger partial charge on any atom is 0.299 e.